The predicted molar refractivity (Wildman–Crippen MR) is 129 cm³/mol. The Kier molecular flexibility index (Phi) is 5.01. The summed E-state index contributed by atoms with van der Waals surface area (Å²) < 4.78 is 54.8. The van der Waals surface area contributed by atoms with Gasteiger partial charge in [-0.25, -0.2) is 4.39 Å². The number of nitrogens with zero attached hydrogens (tertiary/aromatic N) is 1. The highest BCUT2D eigenvalue weighted by molar-refractivity contribution is 6.02. The molecule has 2 saturated carbocycles. The van der Waals surface area contributed by atoms with Crippen LogP contribution in [0.4, 0.5) is 23.2 Å². The van der Waals surface area contributed by atoms with Crippen LogP contribution in [0.5, 0.6) is 0 Å². The molecule has 3 nitrogen and oxygen atoms in total. The van der Waals surface area contributed by atoms with Gasteiger partial charge in [0.15, 0.2) is 0 Å². The fourth-order valence-electron chi connectivity index (χ4n) is 5.63. The maximum atomic E-state index is 14.9. The standard InChI is InChI=1S/C29H26F4N2O/c1-18-8-10-20(11-9-18)28(14-15-28)34-26(36)21-5-3-7-23-25(21)35(17-27(23)12-13-27)16-19-4-2-6-22(24(19)30)29(31,32)33/h2-11H,12-17H2,1H3,(H,34,36). The van der Waals surface area contributed by atoms with Gasteiger partial charge in [0.1, 0.15) is 5.82 Å². The van der Waals surface area contributed by atoms with Crippen LogP contribution >= 0.6 is 0 Å². The first kappa shape index (κ1) is 23.1. The molecule has 2 fully saturated rings. The van der Waals surface area contributed by atoms with E-state index in [1.165, 1.54) is 12.1 Å². The Morgan fingerprint density at radius 2 is 1.67 bits per heavy atom. The highest BCUT2D eigenvalue weighted by Gasteiger charge is 2.53. The smallest absolute Gasteiger partial charge is 0.365 e. The maximum Gasteiger partial charge on any atom is 0.419 e. The molecule has 186 valence electrons. The fraction of sp³-hybridized carbons (Fsp3) is 0.345. The Balaban J connectivity index is 1.34. The highest BCUT2D eigenvalue weighted by atomic mass is 19.4. The van der Waals surface area contributed by atoms with Crippen LogP contribution < -0.4 is 10.2 Å². The maximum absolute atomic E-state index is 14.9. The van der Waals surface area contributed by atoms with E-state index in [9.17, 15) is 22.4 Å². The Morgan fingerprint density at radius 1 is 0.972 bits per heavy atom. The lowest BCUT2D eigenvalue weighted by Gasteiger charge is -2.25. The average Bonchev–Trinajstić information content (AvgIpc) is 3.75. The Labute approximate surface area is 207 Å². The number of para-hydroxylation sites is 1. The van der Waals surface area contributed by atoms with Gasteiger partial charge in [0.25, 0.3) is 5.91 Å². The van der Waals surface area contributed by atoms with Gasteiger partial charge in [0.2, 0.25) is 0 Å². The van der Waals surface area contributed by atoms with Gasteiger partial charge in [-0.15, -0.1) is 0 Å². The summed E-state index contributed by atoms with van der Waals surface area (Å²) in [6.45, 7) is 2.55. The monoisotopic (exact) mass is 494 g/mol. The molecular formula is C29H26F4N2O. The largest absolute Gasteiger partial charge is 0.419 e. The van der Waals surface area contributed by atoms with E-state index in [1.54, 1.807) is 6.07 Å². The van der Waals surface area contributed by atoms with E-state index in [0.29, 0.717) is 17.8 Å². The van der Waals surface area contributed by atoms with Crippen LogP contribution in [-0.4, -0.2) is 12.5 Å². The molecule has 3 aliphatic rings. The normalized spacial score (nSPS) is 18.8. The first-order valence-corrected chi connectivity index (χ1v) is 12.2. The molecule has 0 radical (unpaired) electrons. The molecular weight excluding hydrogens is 468 g/mol. The van der Waals surface area contributed by atoms with E-state index in [0.717, 1.165) is 48.4 Å². The van der Waals surface area contributed by atoms with Crippen molar-refractivity contribution < 1.29 is 22.4 Å². The summed E-state index contributed by atoms with van der Waals surface area (Å²) in [6, 6.07) is 17.2. The number of halogens is 4. The highest BCUT2D eigenvalue weighted by Crippen LogP contribution is 2.58. The first-order valence-electron chi connectivity index (χ1n) is 12.2. The van der Waals surface area contributed by atoms with Crippen LogP contribution in [0, 0.1) is 12.7 Å². The molecule has 2 aliphatic carbocycles. The van der Waals surface area contributed by atoms with Crippen LogP contribution in [0.3, 0.4) is 0 Å². The number of carbonyl (C=O) groups excluding carboxylic acids is 1. The third kappa shape index (κ3) is 3.76. The quantitative estimate of drug-likeness (QED) is 0.404. The minimum atomic E-state index is -4.76. The third-order valence-electron chi connectivity index (χ3n) is 7.97. The van der Waals surface area contributed by atoms with Crippen LogP contribution in [0.1, 0.15) is 63.9 Å². The van der Waals surface area contributed by atoms with E-state index in [4.69, 9.17) is 0 Å². The zero-order valence-electron chi connectivity index (χ0n) is 19.9. The van der Waals surface area contributed by atoms with Gasteiger partial charge in [-0.3, -0.25) is 4.79 Å². The number of aryl methyl sites for hydroxylation is 1. The van der Waals surface area contributed by atoms with Crippen LogP contribution in [0.2, 0.25) is 0 Å². The van der Waals surface area contributed by atoms with Gasteiger partial charge < -0.3 is 10.2 Å². The molecule has 1 spiro atoms. The Bertz CT molecular complexity index is 1350. The number of benzene rings is 3. The molecule has 6 rings (SSSR count). The van der Waals surface area contributed by atoms with Gasteiger partial charge in [-0.2, -0.15) is 13.2 Å². The number of anilines is 1. The number of hydrogen-bond acceptors (Lipinski definition) is 2. The molecule has 1 N–H and O–H groups in total. The number of hydrogen-bond donors (Lipinski definition) is 1. The molecule has 0 atom stereocenters. The van der Waals surface area contributed by atoms with Crippen molar-refractivity contribution in [1.29, 1.82) is 0 Å². The number of nitrogens with one attached hydrogen (secondary N) is 1. The van der Waals surface area contributed by atoms with Crippen molar-refractivity contribution in [2.75, 3.05) is 11.4 Å². The van der Waals surface area contributed by atoms with Gasteiger partial charge >= 0.3 is 6.18 Å². The average molecular weight is 495 g/mol. The van der Waals surface area contributed by atoms with Crippen molar-refractivity contribution >= 4 is 11.6 Å². The van der Waals surface area contributed by atoms with E-state index in [-0.39, 0.29) is 23.4 Å². The van der Waals surface area contributed by atoms with E-state index in [2.05, 4.69) is 5.32 Å². The number of rotatable bonds is 5. The molecule has 0 aromatic heterocycles. The minimum Gasteiger partial charge on any atom is -0.365 e. The summed E-state index contributed by atoms with van der Waals surface area (Å²) in [5.74, 6) is -1.46. The second-order valence-electron chi connectivity index (χ2n) is 10.5. The number of carbonyl (C=O) groups is 1. The summed E-state index contributed by atoms with van der Waals surface area (Å²) in [6.07, 6.45) is -1.18. The molecule has 3 aromatic rings. The van der Waals surface area contributed by atoms with Crippen LogP contribution in [0.15, 0.2) is 60.7 Å². The molecule has 36 heavy (non-hydrogen) atoms. The zero-order chi connectivity index (χ0) is 25.3. The molecule has 0 unspecified atom stereocenters. The van der Waals surface area contributed by atoms with Crippen molar-refractivity contribution in [3.63, 3.8) is 0 Å². The Hall–Kier alpha value is -3.35. The second kappa shape index (κ2) is 7.82. The lowest BCUT2D eigenvalue weighted by molar-refractivity contribution is -0.140. The van der Waals surface area contributed by atoms with Crippen molar-refractivity contribution in [1.82, 2.24) is 5.32 Å². The van der Waals surface area contributed by atoms with Crippen LogP contribution in [0.25, 0.3) is 0 Å². The molecule has 3 aromatic carbocycles. The number of fused-ring (bicyclic) bond motifs is 2. The topological polar surface area (TPSA) is 32.3 Å². The van der Waals surface area contributed by atoms with Crippen molar-refractivity contribution in [3.8, 4) is 0 Å². The summed E-state index contributed by atoms with van der Waals surface area (Å²) in [7, 11) is 0. The van der Waals surface area contributed by atoms with Crippen molar-refractivity contribution in [3.05, 3.63) is 99.9 Å². The lowest BCUT2D eigenvalue weighted by Crippen LogP contribution is -2.36. The number of alkyl halides is 3. The SMILES string of the molecule is Cc1ccc(C2(NC(=O)c3cccc4c3N(Cc3cccc(C(F)(F)F)c3F)CC43CC3)CC2)cc1. The van der Waals surface area contributed by atoms with Gasteiger partial charge in [0, 0.05) is 24.1 Å². The first-order chi connectivity index (χ1) is 17.1. The molecule has 1 heterocycles. The summed E-state index contributed by atoms with van der Waals surface area (Å²) in [5.41, 5.74) is 2.64. The van der Waals surface area contributed by atoms with E-state index < -0.39 is 23.1 Å². The van der Waals surface area contributed by atoms with Gasteiger partial charge in [-0.05, 0) is 55.9 Å². The zero-order valence-corrected chi connectivity index (χ0v) is 19.9. The minimum absolute atomic E-state index is 0.0259. The summed E-state index contributed by atoms with van der Waals surface area (Å²) in [5, 5.41) is 3.23. The third-order valence-corrected chi connectivity index (χ3v) is 7.97. The van der Waals surface area contributed by atoms with Crippen molar-refractivity contribution in [2.24, 2.45) is 0 Å². The van der Waals surface area contributed by atoms with Crippen LogP contribution in [-0.2, 0) is 23.7 Å². The van der Waals surface area contributed by atoms with Gasteiger partial charge in [-0.1, -0.05) is 54.1 Å². The second-order valence-corrected chi connectivity index (χ2v) is 10.5. The van der Waals surface area contributed by atoms with Crippen molar-refractivity contribution in [2.45, 2.75) is 56.3 Å². The number of amides is 1. The molecule has 1 aliphatic heterocycles. The summed E-state index contributed by atoms with van der Waals surface area (Å²) >= 11 is 0. The lowest BCUT2D eigenvalue weighted by atomic mass is 9.96. The Morgan fingerprint density at radius 3 is 2.31 bits per heavy atom. The predicted octanol–water partition coefficient (Wildman–Crippen LogP) is 6.62. The fourth-order valence-corrected chi connectivity index (χ4v) is 5.63. The van der Waals surface area contributed by atoms with Gasteiger partial charge in [0.05, 0.1) is 22.4 Å². The van der Waals surface area contributed by atoms with E-state index in [1.807, 2.05) is 48.2 Å². The molecule has 0 saturated heterocycles. The molecule has 0 bridgehead atoms. The van der Waals surface area contributed by atoms with E-state index >= 15 is 0 Å². The molecule has 7 heteroatoms. The molecule has 1 amide bonds. The summed E-state index contributed by atoms with van der Waals surface area (Å²) in [4.78, 5) is 15.5.